The van der Waals surface area contributed by atoms with Crippen molar-refractivity contribution in [2.24, 2.45) is 11.7 Å². The highest BCUT2D eigenvalue weighted by Gasteiger charge is 2.20. The Balaban J connectivity index is 1.81. The number of amides is 2. The van der Waals surface area contributed by atoms with Crippen LogP contribution in [0, 0.1) is 5.92 Å². The third-order valence-corrected chi connectivity index (χ3v) is 3.46. The summed E-state index contributed by atoms with van der Waals surface area (Å²) in [6.07, 6.45) is 6.01. The van der Waals surface area contributed by atoms with Gasteiger partial charge in [0.25, 0.3) is 11.8 Å². The molecule has 0 aromatic carbocycles. The number of hydrogen-bond acceptors (Lipinski definition) is 6. The summed E-state index contributed by atoms with van der Waals surface area (Å²) < 4.78 is 6.91. The van der Waals surface area contributed by atoms with Gasteiger partial charge < -0.3 is 15.5 Å². The first kappa shape index (κ1) is 17.3. The lowest BCUT2D eigenvalue weighted by Gasteiger charge is -2.03. The van der Waals surface area contributed by atoms with Crippen LogP contribution in [0.15, 0.2) is 41.4 Å². The second-order valence-electron chi connectivity index (χ2n) is 6.10. The molecule has 0 saturated carbocycles. The fourth-order valence-corrected chi connectivity index (χ4v) is 2.35. The number of carbonyl (C=O) groups excluding carboxylic acids is 2. The number of oxazole rings is 1. The van der Waals surface area contributed by atoms with Crippen LogP contribution in [0.1, 0.15) is 34.8 Å². The fourth-order valence-electron chi connectivity index (χ4n) is 2.35. The van der Waals surface area contributed by atoms with Gasteiger partial charge in [0, 0.05) is 30.7 Å². The molecule has 3 aromatic heterocycles. The van der Waals surface area contributed by atoms with Crippen LogP contribution in [0.5, 0.6) is 0 Å². The van der Waals surface area contributed by atoms with Gasteiger partial charge in [0.15, 0.2) is 11.4 Å². The molecular weight excluding hydrogens is 336 g/mol. The molecule has 0 fully saturated rings. The number of rotatable bonds is 6. The first-order valence-electron chi connectivity index (χ1n) is 7.98. The maximum absolute atomic E-state index is 12.4. The fraction of sp³-hybridized carbons (Fsp3) is 0.235. The number of aromatic nitrogens is 4. The van der Waals surface area contributed by atoms with E-state index in [1.165, 1.54) is 6.26 Å². The summed E-state index contributed by atoms with van der Waals surface area (Å²) in [7, 11) is 0. The minimum absolute atomic E-state index is 0.00291. The Morgan fingerprint density at radius 1 is 1.31 bits per heavy atom. The molecule has 0 spiro atoms. The van der Waals surface area contributed by atoms with E-state index in [4.69, 9.17) is 10.2 Å². The van der Waals surface area contributed by atoms with Crippen molar-refractivity contribution in [3.63, 3.8) is 0 Å². The quantitative estimate of drug-likeness (QED) is 0.696. The Bertz CT molecular complexity index is 929. The first-order valence-corrected chi connectivity index (χ1v) is 7.98. The van der Waals surface area contributed by atoms with E-state index in [1.807, 2.05) is 13.8 Å². The molecule has 0 aliphatic carbocycles. The van der Waals surface area contributed by atoms with Crippen LogP contribution in [0.2, 0.25) is 0 Å². The van der Waals surface area contributed by atoms with Gasteiger partial charge in [0.2, 0.25) is 5.89 Å². The van der Waals surface area contributed by atoms with Gasteiger partial charge in [-0.3, -0.25) is 19.3 Å². The van der Waals surface area contributed by atoms with E-state index in [1.54, 1.807) is 35.4 Å². The van der Waals surface area contributed by atoms with E-state index in [-0.39, 0.29) is 17.1 Å². The number of nitrogens with zero attached hydrogens (tertiary/aromatic N) is 4. The standard InChI is InChI=1S/C17H18N6O3/c1-10(2)7-23-8-12(14(22-23)15(18)24)20-16(25)13-9-26-17(21-13)11-3-5-19-6-4-11/h3-6,8-10H,7H2,1-2H3,(H2,18,24)(H,20,25). The minimum Gasteiger partial charge on any atom is -0.444 e. The van der Waals surface area contributed by atoms with Gasteiger partial charge in [0.1, 0.15) is 6.26 Å². The molecular formula is C17H18N6O3. The summed E-state index contributed by atoms with van der Waals surface area (Å²) in [5, 5.41) is 6.73. The zero-order chi connectivity index (χ0) is 18.7. The van der Waals surface area contributed by atoms with Crippen molar-refractivity contribution in [2.75, 3.05) is 5.32 Å². The van der Waals surface area contributed by atoms with Crippen molar-refractivity contribution in [3.8, 4) is 11.5 Å². The summed E-state index contributed by atoms with van der Waals surface area (Å²) in [6, 6.07) is 3.43. The maximum atomic E-state index is 12.4. The van der Waals surface area contributed by atoms with Crippen molar-refractivity contribution in [2.45, 2.75) is 20.4 Å². The minimum atomic E-state index is -0.722. The third-order valence-electron chi connectivity index (χ3n) is 3.46. The Morgan fingerprint density at radius 2 is 2.04 bits per heavy atom. The van der Waals surface area contributed by atoms with Crippen LogP contribution >= 0.6 is 0 Å². The highest BCUT2D eigenvalue weighted by molar-refractivity contribution is 6.07. The predicted molar refractivity (Wildman–Crippen MR) is 93.3 cm³/mol. The van der Waals surface area contributed by atoms with Gasteiger partial charge in [0.05, 0.1) is 5.69 Å². The molecule has 0 atom stereocenters. The Morgan fingerprint density at radius 3 is 2.69 bits per heavy atom. The third kappa shape index (κ3) is 3.77. The molecule has 3 rings (SSSR count). The number of pyridine rings is 1. The van der Waals surface area contributed by atoms with Crippen LogP contribution in [0.4, 0.5) is 5.69 Å². The number of anilines is 1. The number of primary amides is 1. The number of hydrogen-bond donors (Lipinski definition) is 2. The highest BCUT2D eigenvalue weighted by Crippen LogP contribution is 2.19. The lowest BCUT2D eigenvalue weighted by atomic mass is 10.2. The second-order valence-corrected chi connectivity index (χ2v) is 6.10. The highest BCUT2D eigenvalue weighted by atomic mass is 16.3. The molecule has 9 heteroatoms. The van der Waals surface area contributed by atoms with E-state index < -0.39 is 11.8 Å². The van der Waals surface area contributed by atoms with Crippen molar-refractivity contribution in [1.82, 2.24) is 19.7 Å². The predicted octanol–water partition coefficient (Wildman–Crippen LogP) is 1.94. The van der Waals surface area contributed by atoms with E-state index in [0.29, 0.717) is 23.9 Å². The van der Waals surface area contributed by atoms with Crippen molar-refractivity contribution in [1.29, 1.82) is 0 Å². The van der Waals surface area contributed by atoms with Gasteiger partial charge in [-0.05, 0) is 18.1 Å². The summed E-state index contributed by atoms with van der Waals surface area (Å²) >= 11 is 0. The molecule has 3 aromatic rings. The van der Waals surface area contributed by atoms with E-state index in [2.05, 4.69) is 20.4 Å². The van der Waals surface area contributed by atoms with E-state index >= 15 is 0 Å². The molecule has 3 N–H and O–H groups in total. The number of nitrogens with one attached hydrogen (secondary N) is 1. The molecule has 0 bridgehead atoms. The lowest BCUT2D eigenvalue weighted by Crippen LogP contribution is -2.18. The molecule has 9 nitrogen and oxygen atoms in total. The maximum Gasteiger partial charge on any atom is 0.277 e. The molecule has 2 amide bonds. The monoisotopic (exact) mass is 354 g/mol. The van der Waals surface area contributed by atoms with Gasteiger partial charge in [-0.1, -0.05) is 13.8 Å². The summed E-state index contributed by atoms with van der Waals surface area (Å²) in [5.74, 6) is -0.637. The lowest BCUT2D eigenvalue weighted by molar-refractivity contribution is 0.0995. The second kappa shape index (κ2) is 7.18. The molecule has 0 saturated heterocycles. The number of nitrogens with two attached hydrogens (primary N) is 1. The van der Waals surface area contributed by atoms with Crippen LogP contribution in [0.25, 0.3) is 11.5 Å². The van der Waals surface area contributed by atoms with Gasteiger partial charge in [-0.25, -0.2) is 4.98 Å². The van der Waals surface area contributed by atoms with Gasteiger partial charge in [-0.15, -0.1) is 0 Å². The summed E-state index contributed by atoms with van der Waals surface area (Å²) in [5.41, 5.74) is 6.35. The number of carbonyl (C=O) groups is 2. The summed E-state index contributed by atoms with van der Waals surface area (Å²) in [4.78, 5) is 32.1. The zero-order valence-electron chi connectivity index (χ0n) is 14.3. The molecule has 0 aliphatic rings. The van der Waals surface area contributed by atoms with Crippen LogP contribution in [-0.2, 0) is 6.54 Å². The Labute approximate surface area is 149 Å². The molecule has 0 unspecified atom stereocenters. The van der Waals surface area contributed by atoms with Crippen LogP contribution in [0.3, 0.4) is 0 Å². The average molecular weight is 354 g/mol. The normalized spacial score (nSPS) is 10.9. The smallest absolute Gasteiger partial charge is 0.277 e. The van der Waals surface area contributed by atoms with Crippen LogP contribution in [-0.4, -0.2) is 31.6 Å². The molecule has 0 aliphatic heterocycles. The molecule has 3 heterocycles. The Hall–Kier alpha value is -3.49. The summed E-state index contributed by atoms with van der Waals surface area (Å²) in [6.45, 7) is 4.62. The van der Waals surface area contributed by atoms with Gasteiger partial charge >= 0.3 is 0 Å². The van der Waals surface area contributed by atoms with Gasteiger partial charge in [-0.2, -0.15) is 5.10 Å². The molecule has 134 valence electrons. The van der Waals surface area contributed by atoms with Crippen LogP contribution < -0.4 is 11.1 Å². The molecule has 26 heavy (non-hydrogen) atoms. The van der Waals surface area contributed by atoms with Crippen molar-refractivity contribution >= 4 is 17.5 Å². The average Bonchev–Trinajstić information content (AvgIpc) is 3.22. The zero-order valence-corrected chi connectivity index (χ0v) is 14.3. The van der Waals surface area contributed by atoms with Crippen molar-refractivity contribution in [3.05, 3.63) is 48.4 Å². The van der Waals surface area contributed by atoms with E-state index in [0.717, 1.165) is 0 Å². The topological polar surface area (TPSA) is 129 Å². The van der Waals surface area contributed by atoms with E-state index in [9.17, 15) is 9.59 Å². The largest absolute Gasteiger partial charge is 0.444 e. The Kier molecular flexibility index (Phi) is 4.78. The first-order chi connectivity index (χ1) is 12.4. The SMILES string of the molecule is CC(C)Cn1cc(NC(=O)c2coc(-c3ccncc3)n2)c(C(N)=O)n1. The molecule has 0 radical (unpaired) electrons. The van der Waals surface area contributed by atoms with Crippen molar-refractivity contribution < 1.29 is 14.0 Å².